The number of hydrogen-bond acceptors (Lipinski definition) is 5. The first-order valence-corrected chi connectivity index (χ1v) is 15.4. The lowest BCUT2D eigenvalue weighted by Crippen LogP contribution is -2.72. The summed E-state index contributed by atoms with van der Waals surface area (Å²) in [6, 6.07) is 8.09. The molecule has 2 bridgehead atoms. The average Bonchev–Trinajstić information content (AvgIpc) is 3.70. The van der Waals surface area contributed by atoms with Crippen LogP contribution in [0.1, 0.15) is 57.4 Å². The minimum atomic E-state index is -4.96. The van der Waals surface area contributed by atoms with E-state index in [0.717, 1.165) is 42.9 Å². The second-order valence-electron chi connectivity index (χ2n) is 13.7. The van der Waals surface area contributed by atoms with Crippen molar-refractivity contribution in [2.45, 2.75) is 75.9 Å². The third-order valence-electron chi connectivity index (χ3n) is 11.2. The molecule has 7 rings (SSSR count). The number of rotatable bonds is 6. The van der Waals surface area contributed by atoms with Crippen LogP contribution in [0, 0.1) is 23.2 Å². The van der Waals surface area contributed by atoms with Gasteiger partial charge >= 0.3 is 12.1 Å². The summed E-state index contributed by atoms with van der Waals surface area (Å²) in [4.78, 5) is 26.1. The number of piperidine rings is 1. The Bertz CT molecular complexity index is 1450. The molecule has 3 unspecified atom stereocenters. The number of alkyl halides is 3. The highest BCUT2D eigenvalue weighted by Crippen LogP contribution is 2.71. The second kappa shape index (κ2) is 9.69. The standard InChI is InChI=1S/C33H37F3N2O5/c1-19(39)42-28-17-26(40)22-16-25-23-9-6-10-27-31(23,13-14-38(25,2)18-21-11-12-21)29(22)32(28,43-27)37-30(41)24(33(34,35)36)15-20-7-4-3-5-8-20/h3-5,7-8,15,17,21,23,25,27,29H,6,9-14,16,18H2,1-2H3,(H-,37,40,41)/p+1/t23-,25+,27-,29?,31+,32?,38?/m0/s1. The third-order valence-corrected chi connectivity index (χ3v) is 11.2. The van der Waals surface area contributed by atoms with Gasteiger partial charge in [-0.3, -0.25) is 9.59 Å². The van der Waals surface area contributed by atoms with Crippen LogP contribution in [0.3, 0.4) is 0 Å². The van der Waals surface area contributed by atoms with Crippen LogP contribution in [0.2, 0.25) is 0 Å². The van der Waals surface area contributed by atoms with Gasteiger partial charge in [-0.05, 0) is 42.9 Å². The van der Waals surface area contributed by atoms with Crippen LogP contribution in [0.25, 0.3) is 6.08 Å². The Labute approximate surface area is 249 Å². The van der Waals surface area contributed by atoms with Gasteiger partial charge in [0.15, 0.2) is 5.76 Å². The van der Waals surface area contributed by atoms with Gasteiger partial charge in [0.1, 0.15) is 11.3 Å². The smallest absolute Gasteiger partial charge is 0.421 e. The molecular weight excluding hydrogens is 561 g/mol. The summed E-state index contributed by atoms with van der Waals surface area (Å²) in [5.41, 5.74) is -2.85. The summed E-state index contributed by atoms with van der Waals surface area (Å²) >= 11 is 0. The zero-order valence-electron chi connectivity index (χ0n) is 24.5. The molecule has 3 saturated carbocycles. The van der Waals surface area contributed by atoms with Crippen LogP contribution in [0.15, 0.2) is 59.1 Å². The van der Waals surface area contributed by atoms with Gasteiger partial charge in [-0.15, -0.1) is 0 Å². The third kappa shape index (κ3) is 4.38. The summed E-state index contributed by atoms with van der Waals surface area (Å²) in [5, 5.41) is 14.1. The van der Waals surface area contributed by atoms with E-state index in [1.165, 1.54) is 38.0 Å². The molecule has 1 aromatic carbocycles. The minimum absolute atomic E-state index is 0.0421. The highest BCUT2D eigenvalue weighted by Gasteiger charge is 2.77. The fourth-order valence-corrected chi connectivity index (χ4v) is 9.45. The summed E-state index contributed by atoms with van der Waals surface area (Å²) < 4.78 is 56.6. The molecule has 1 aromatic rings. The maximum Gasteiger partial charge on any atom is 0.421 e. The first-order valence-electron chi connectivity index (χ1n) is 15.4. The molecule has 10 heteroatoms. The number of hydrogen-bond donors (Lipinski definition) is 2. The van der Waals surface area contributed by atoms with Gasteiger partial charge < -0.3 is 24.4 Å². The molecule has 2 saturated heterocycles. The highest BCUT2D eigenvalue weighted by molar-refractivity contribution is 6.00. The van der Waals surface area contributed by atoms with E-state index >= 15 is 0 Å². The van der Waals surface area contributed by atoms with Crippen molar-refractivity contribution in [3.63, 3.8) is 0 Å². The number of halogens is 3. The predicted octanol–water partition coefficient (Wildman–Crippen LogP) is 5.55. The summed E-state index contributed by atoms with van der Waals surface area (Å²) in [7, 11) is 2.31. The second-order valence-corrected chi connectivity index (χ2v) is 13.7. The van der Waals surface area contributed by atoms with Gasteiger partial charge in [0, 0.05) is 49.0 Å². The molecule has 0 aromatic heterocycles. The Hall–Kier alpha value is -3.11. The molecule has 1 amide bonds. The molecule has 230 valence electrons. The van der Waals surface area contributed by atoms with E-state index < -0.39 is 40.7 Å². The molecule has 7 nitrogen and oxygen atoms in total. The normalized spacial score (nSPS) is 38.3. The van der Waals surface area contributed by atoms with Crippen molar-refractivity contribution in [2.24, 2.45) is 23.2 Å². The van der Waals surface area contributed by atoms with Crippen LogP contribution in [-0.2, 0) is 19.1 Å². The van der Waals surface area contributed by atoms with Crippen molar-refractivity contribution in [1.29, 1.82) is 0 Å². The number of nitrogens with zero attached hydrogens (tertiary/aromatic N) is 1. The minimum Gasteiger partial charge on any atom is -0.508 e. The van der Waals surface area contributed by atoms with Crippen molar-refractivity contribution in [2.75, 3.05) is 20.1 Å². The lowest BCUT2D eigenvalue weighted by Gasteiger charge is -2.64. The number of esters is 1. The topological polar surface area (TPSA) is 84.9 Å². The molecule has 1 spiro atoms. The van der Waals surface area contributed by atoms with Crippen LogP contribution in [0.4, 0.5) is 13.2 Å². The quantitative estimate of drug-likeness (QED) is 0.255. The van der Waals surface area contributed by atoms with Crippen LogP contribution in [0.5, 0.6) is 0 Å². The van der Waals surface area contributed by atoms with Crippen molar-refractivity contribution >= 4 is 18.0 Å². The van der Waals surface area contributed by atoms with E-state index in [0.29, 0.717) is 24.3 Å². The molecule has 43 heavy (non-hydrogen) atoms. The summed E-state index contributed by atoms with van der Waals surface area (Å²) in [5.74, 6) is -2.05. The van der Waals surface area contributed by atoms with E-state index in [-0.39, 0.29) is 35.1 Å². The number of benzene rings is 1. The fourth-order valence-electron chi connectivity index (χ4n) is 9.45. The van der Waals surface area contributed by atoms with Crippen molar-refractivity contribution in [1.82, 2.24) is 5.32 Å². The number of carbonyl (C=O) groups is 2. The molecule has 2 heterocycles. The maximum absolute atomic E-state index is 14.4. The van der Waals surface area contributed by atoms with E-state index in [4.69, 9.17) is 9.47 Å². The molecule has 5 fully saturated rings. The molecule has 4 aliphatic carbocycles. The number of ether oxygens (including phenoxy) is 2. The molecule has 2 N–H and O–H groups in total. The van der Waals surface area contributed by atoms with Gasteiger partial charge in [-0.25, -0.2) is 0 Å². The first-order chi connectivity index (χ1) is 20.4. The molecular formula is C33H38F3N2O5+. The fraction of sp³-hybridized carbons (Fsp3) is 0.576. The van der Waals surface area contributed by atoms with Gasteiger partial charge in [-0.1, -0.05) is 36.8 Å². The predicted molar refractivity (Wildman–Crippen MR) is 151 cm³/mol. The van der Waals surface area contributed by atoms with E-state index in [1.807, 2.05) is 0 Å². The Morgan fingerprint density at radius 3 is 2.60 bits per heavy atom. The van der Waals surface area contributed by atoms with E-state index in [2.05, 4.69) is 12.4 Å². The average molecular weight is 600 g/mol. The molecule has 6 aliphatic rings. The van der Waals surface area contributed by atoms with Crippen molar-refractivity contribution in [3.8, 4) is 0 Å². The van der Waals surface area contributed by atoms with Crippen molar-refractivity contribution < 1.29 is 41.8 Å². The number of amides is 1. The lowest BCUT2D eigenvalue weighted by molar-refractivity contribution is -0.948. The Morgan fingerprint density at radius 2 is 1.93 bits per heavy atom. The zero-order valence-corrected chi connectivity index (χ0v) is 24.5. The maximum atomic E-state index is 14.4. The Morgan fingerprint density at radius 1 is 1.19 bits per heavy atom. The number of carbonyl (C=O) groups excluding carboxylic acids is 2. The number of aliphatic hydroxyl groups is 1. The first kappa shape index (κ1) is 28.6. The van der Waals surface area contributed by atoms with E-state index in [9.17, 15) is 27.9 Å². The largest absolute Gasteiger partial charge is 0.508 e. The number of aliphatic hydroxyl groups excluding tert-OH is 1. The Balaban J connectivity index is 1.35. The number of quaternary nitrogens is 1. The van der Waals surface area contributed by atoms with Crippen LogP contribution in [-0.4, -0.2) is 65.7 Å². The van der Waals surface area contributed by atoms with Gasteiger partial charge in [0.2, 0.25) is 5.72 Å². The monoisotopic (exact) mass is 599 g/mol. The summed E-state index contributed by atoms with van der Waals surface area (Å²) in [6.45, 7) is 3.15. The van der Waals surface area contributed by atoms with Crippen LogP contribution >= 0.6 is 0 Å². The lowest BCUT2D eigenvalue weighted by atomic mass is 9.46. The number of likely N-dealkylation sites (tertiary alicyclic amines) is 1. The van der Waals surface area contributed by atoms with Crippen molar-refractivity contribution in [3.05, 3.63) is 64.6 Å². The van der Waals surface area contributed by atoms with Crippen LogP contribution < -0.4 is 5.32 Å². The van der Waals surface area contributed by atoms with Gasteiger partial charge in [0.05, 0.1) is 32.3 Å². The molecule has 0 radical (unpaired) electrons. The van der Waals surface area contributed by atoms with Gasteiger partial charge in [-0.2, -0.15) is 13.2 Å². The number of nitrogens with one attached hydrogen (secondary N) is 1. The molecule has 7 atom stereocenters. The number of allylic oxidation sites excluding steroid dienone is 1. The molecule has 2 aliphatic heterocycles. The van der Waals surface area contributed by atoms with E-state index in [1.54, 1.807) is 18.2 Å². The zero-order chi connectivity index (χ0) is 30.4. The highest BCUT2D eigenvalue weighted by atomic mass is 19.4. The van der Waals surface area contributed by atoms with Gasteiger partial charge in [0.25, 0.3) is 5.91 Å². The Kier molecular flexibility index (Phi) is 6.46. The SMILES string of the molecule is CC(=O)OC1=CC(O)=C2C[C@@H]3[C@@H]4CCC[C@@H]5OC1(NC(=O)C(=Cc1ccccc1)C(F)(F)F)C2[C@@]54CC[N+]3(C)CC1CC1. The summed E-state index contributed by atoms with van der Waals surface area (Å²) in [6.07, 6.45) is 3.05.